The molecule has 7 heteroatoms. The fourth-order valence-corrected chi connectivity index (χ4v) is 2.84. The molecule has 1 aromatic carbocycles. The molecule has 1 unspecified atom stereocenters. The van der Waals surface area contributed by atoms with Gasteiger partial charge < -0.3 is 10.6 Å². The van der Waals surface area contributed by atoms with Gasteiger partial charge in [0.05, 0.1) is 29.6 Å². The number of halogens is 1. The van der Waals surface area contributed by atoms with Gasteiger partial charge in [-0.05, 0) is 25.1 Å². The second kappa shape index (κ2) is 5.00. The molecule has 3 rings (SSSR count). The van der Waals surface area contributed by atoms with Gasteiger partial charge in [-0.2, -0.15) is 0 Å². The molecule has 2 heterocycles. The van der Waals surface area contributed by atoms with Gasteiger partial charge in [0, 0.05) is 9.86 Å². The van der Waals surface area contributed by atoms with Crippen molar-refractivity contribution >= 4 is 50.0 Å². The van der Waals surface area contributed by atoms with Crippen LogP contribution in [0.4, 0.5) is 11.4 Å². The Morgan fingerprint density at radius 3 is 2.95 bits per heavy atom. The molecule has 0 bridgehead atoms. The van der Waals surface area contributed by atoms with E-state index < -0.39 is 6.04 Å². The minimum absolute atomic E-state index is 0.0860. The number of nitrogens with zero attached hydrogens (tertiary/aromatic N) is 2. The maximum atomic E-state index is 11.9. The third kappa shape index (κ3) is 2.33. The summed E-state index contributed by atoms with van der Waals surface area (Å²) >= 11 is 3.42. The van der Waals surface area contributed by atoms with Gasteiger partial charge in [0.2, 0.25) is 11.8 Å². The predicted octanol–water partition coefficient (Wildman–Crippen LogP) is 1.43. The number of hydrogen-bond acceptors (Lipinski definition) is 5. The number of benzene rings is 1. The molecule has 1 aliphatic rings. The number of piperazine rings is 1. The number of carbonyl (C=O) groups excluding carboxylic acids is 2. The lowest BCUT2D eigenvalue weighted by Crippen LogP contribution is -2.57. The predicted molar refractivity (Wildman–Crippen MR) is 83.8 cm³/mol. The number of carbonyl (C=O) groups is 2. The fourth-order valence-electron chi connectivity index (χ4n) is 2.47. The van der Waals surface area contributed by atoms with Gasteiger partial charge >= 0.3 is 0 Å². The van der Waals surface area contributed by atoms with Crippen LogP contribution in [0.1, 0.15) is 6.92 Å². The lowest BCUT2D eigenvalue weighted by molar-refractivity contribution is -0.132. The minimum atomic E-state index is -0.477. The highest BCUT2D eigenvalue weighted by Crippen LogP contribution is 2.34. The standard InChI is InChI=1S/C14H13BrN4O2/c1-7-14(21)18-12(20)6-19(7)13-9-4-8(15)2-3-11(9)17-5-10(13)16/h2-5,7H,6,16H2,1H3,(H,18,20,21). The highest BCUT2D eigenvalue weighted by atomic mass is 79.9. The molecule has 0 aliphatic carbocycles. The molecule has 2 aromatic rings. The maximum Gasteiger partial charge on any atom is 0.249 e. The Labute approximate surface area is 129 Å². The van der Waals surface area contributed by atoms with Gasteiger partial charge in [-0.15, -0.1) is 0 Å². The van der Waals surface area contributed by atoms with E-state index in [0.29, 0.717) is 11.4 Å². The second-order valence-electron chi connectivity index (χ2n) is 4.94. The first-order valence-corrected chi connectivity index (χ1v) is 7.21. The van der Waals surface area contributed by atoms with Crippen LogP contribution >= 0.6 is 15.9 Å². The SMILES string of the molecule is CC1C(=O)NC(=O)CN1c1c(N)cnc2ccc(Br)cc12. The monoisotopic (exact) mass is 348 g/mol. The molecule has 6 nitrogen and oxygen atoms in total. The fraction of sp³-hybridized carbons (Fsp3) is 0.214. The first-order chi connectivity index (χ1) is 9.97. The number of aromatic nitrogens is 1. The quantitative estimate of drug-likeness (QED) is 0.761. The number of anilines is 2. The molecule has 21 heavy (non-hydrogen) atoms. The van der Waals surface area contributed by atoms with E-state index in [1.165, 1.54) is 0 Å². The number of nitrogens with two attached hydrogens (primary N) is 1. The summed E-state index contributed by atoms with van der Waals surface area (Å²) in [6.07, 6.45) is 1.55. The largest absolute Gasteiger partial charge is 0.396 e. The molecule has 108 valence electrons. The van der Waals surface area contributed by atoms with Crippen LogP contribution in [-0.2, 0) is 9.59 Å². The van der Waals surface area contributed by atoms with Crippen LogP contribution in [0.3, 0.4) is 0 Å². The van der Waals surface area contributed by atoms with E-state index >= 15 is 0 Å². The Bertz CT molecular complexity index is 757. The van der Waals surface area contributed by atoms with Crippen LogP contribution in [0.25, 0.3) is 10.9 Å². The normalized spacial score (nSPS) is 19.0. The van der Waals surface area contributed by atoms with Crippen LogP contribution in [-0.4, -0.2) is 29.4 Å². The molecule has 1 fully saturated rings. The van der Waals surface area contributed by atoms with Crippen LogP contribution in [0, 0.1) is 0 Å². The minimum Gasteiger partial charge on any atom is -0.396 e. The molecule has 0 radical (unpaired) electrons. The second-order valence-corrected chi connectivity index (χ2v) is 5.86. The van der Waals surface area contributed by atoms with Crippen molar-refractivity contribution in [2.75, 3.05) is 17.2 Å². The Morgan fingerprint density at radius 1 is 1.43 bits per heavy atom. The molecule has 1 aliphatic heterocycles. The molecular formula is C14H13BrN4O2. The van der Waals surface area contributed by atoms with E-state index in [0.717, 1.165) is 15.4 Å². The highest BCUT2D eigenvalue weighted by Gasteiger charge is 2.32. The number of fused-ring (bicyclic) bond motifs is 1. The lowest BCUT2D eigenvalue weighted by atomic mass is 10.1. The van der Waals surface area contributed by atoms with E-state index in [-0.39, 0.29) is 18.4 Å². The summed E-state index contributed by atoms with van der Waals surface area (Å²) in [6.45, 7) is 1.83. The third-order valence-corrected chi connectivity index (χ3v) is 4.03. The lowest BCUT2D eigenvalue weighted by Gasteiger charge is -2.34. The van der Waals surface area contributed by atoms with Crippen molar-refractivity contribution in [1.29, 1.82) is 0 Å². The number of pyridine rings is 1. The summed E-state index contributed by atoms with van der Waals surface area (Å²) in [5.74, 6) is -0.664. The molecule has 3 N–H and O–H groups in total. The van der Waals surface area contributed by atoms with Gasteiger partial charge in [-0.25, -0.2) is 0 Å². The molecule has 1 atom stereocenters. The third-order valence-electron chi connectivity index (χ3n) is 3.54. The van der Waals surface area contributed by atoms with Crippen molar-refractivity contribution in [2.24, 2.45) is 0 Å². The Hall–Kier alpha value is -2.15. The van der Waals surface area contributed by atoms with Gasteiger partial charge in [0.1, 0.15) is 6.04 Å². The zero-order chi connectivity index (χ0) is 15.1. The zero-order valence-corrected chi connectivity index (χ0v) is 12.8. The van der Waals surface area contributed by atoms with E-state index in [1.54, 1.807) is 18.0 Å². The van der Waals surface area contributed by atoms with Gasteiger partial charge in [0.15, 0.2) is 0 Å². The molecular weight excluding hydrogens is 336 g/mol. The maximum absolute atomic E-state index is 11.9. The van der Waals surface area contributed by atoms with Gasteiger partial charge in [-0.3, -0.25) is 19.9 Å². The summed E-state index contributed by atoms with van der Waals surface area (Å²) < 4.78 is 0.879. The smallest absolute Gasteiger partial charge is 0.249 e. The van der Waals surface area contributed by atoms with Gasteiger partial charge in [-0.1, -0.05) is 15.9 Å². The van der Waals surface area contributed by atoms with Crippen molar-refractivity contribution in [3.05, 3.63) is 28.9 Å². The number of nitrogen functional groups attached to an aromatic ring is 1. The van der Waals surface area contributed by atoms with Crippen LogP contribution in [0.5, 0.6) is 0 Å². The molecule has 1 aromatic heterocycles. The zero-order valence-electron chi connectivity index (χ0n) is 11.3. The summed E-state index contributed by atoms with van der Waals surface area (Å²) in [5.41, 5.74) is 7.92. The van der Waals surface area contributed by atoms with Crippen LogP contribution in [0.2, 0.25) is 0 Å². The van der Waals surface area contributed by atoms with Crippen molar-refractivity contribution in [1.82, 2.24) is 10.3 Å². The van der Waals surface area contributed by atoms with Crippen LogP contribution in [0.15, 0.2) is 28.9 Å². The number of nitrogens with one attached hydrogen (secondary N) is 1. The van der Waals surface area contributed by atoms with E-state index in [4.69, 9.17) is 5.73 Å². The van der Waals surface area contributed by atoms with Crippen molar-refractivity contribution in [3.63, 3.8) is 0 Å². The van der Waals surface area contributed by atoms with E-state index in [9.17, 15) is 9.59 Å². The van der Waals surface area contributed by atoms with E-state index in [2.05, 4.69) is 26.2 Å². The first-order valence-electron chi connectivity index (χ1n) is 6.41. The summed E-state index contributed by atoms with van der Waals surface area (Å²) in [5, 5.41) is 3.13. The molecule has 0 saturated carbocycles. The average molecular weight is 349 g/mol. The van der Waals surface area contributed by atoms with Crippen molar-refractivity contribution < 1.29 is 9.59 Å². The van der Waals surface area contributed by atoms with Crippen molar-refractivity contribution in [3.8, 4) is 0 Å². The summed E-state index contributed by atoms with van der Waals surface area (Å²) in [6, 6.07) is 5.15. The Kier molecular flexibility index (Phi) is 3.29. The average Bonchev–Trinajstić information content (AvgIpc) is 2.43. The summed E-state index contributed by atoms with van der Waals surface area (Å²) in [7, 11) is 0. The number of imide groups is 1. The Balaban J connectivity index is 2.23. The van der Waals surface area contributed by atoms with Gasteiger partial charge in [0.25, 0.3) is 0 Å². The summed E-state index contributed by atoms with van der Waals surface area (Å²) in [4.78, 5) is 29.5. The topological polar surface area (TPSA) is 88.3 Å². The number of hydrogen-bond donors (Lipinski definition) is 2. The number of amides is 2. The first kappa shape index (κ1) is 13.8. The number of rotatable bonds is 1. The Morgan fingerprint density at radius 2 is 2.19 bits per heavy atom. The van der Waals surface area contributed by atoms with Crippen LogP contribution < -0.4 is 16.0 Å². The molecule has 1 saturated heterocycles. The molecule has 0 spiro atoms. The highest BCUT2D eigenvalue weighted by molar-refractivity contribution is 9.10. The van der Waals surface area contributed by atoms with Crippen molar-refractivity contribution in [2.45, 2.75) is 13.0 Å². The molecule has 2 amide bonds. The van der Waals surface area contributed by atoms with E-state index in [1.807, 2.05) is 18.2 Å².